The van der Waals surface area contributed by atoms with Crippen LogP contribution in [0.3, 0.4) is 0 Å². The Balaban J connectivity index is 2.58. The second kappa shape index (κ2) is 4.33. The molecule has 3 nitrogen and oxygen atoms in total. The minimum atomic E-state index is -1.07. The fourth-order valence-electron chi connectivity index (χ4n) is 1.59. The van der Waals surface area contributed by atoms with E-state index >= 15 is 0 Å². The number of aryl methyl sites for hydroxylation is 1. The summed E-state index contributed by atoms with van der Waals surface area (Å²) in [5, 5.41) is 8.87. The van der Waals surface area contributed by atoms with Crippen LogP contribution in [0, 0.1) is 12.7 Å². The van der Waals surface area contributed by atoms with Crippen LogP contribution in [0.5, 0.6) is 0 Å². The molecule has 0 aliphatic rings. The molecule has 1 N–H and O–H groups in total. The summed E-state index contributed by atoms with van der Waals surface area (Å²) < 4.78 is 13.6. The van der Waals surface area contributed by atoms with Crippen molar-refractivity contribution in [1.29, 1.82) is 0 Å². The summed E-state index contributed by atoms with van der Waals surface area (Å²) in [6.07, 6.45) is 1.57. The van der Waals surface area contributed by atoms with Gasteiger partial charge in [0.15, 0.2) is 0 Å². The fourth-order valence-corrected chi connectivity index (χ4v) is 1.59. The molecule has 0 amide bonds. The largest absolute Gasteiger partial charge is 0.478 e. The second-order valence-electron chi connectivity index (χ2n) is 3.69. The van der Waals surface area contributed by atoms with Crippen molar-refractivity contribution < 1.29 is 14.3 Å². The smallest absolute Gasteiger partial charge is 0.335 e. The van der Waals surface area contributed by atoms with Gasteiger partial charge in [-0.25, -0.2) is 9.18 Å². The summed E-state index contributed by atoms with van der Waals surface area (Å²) in [6.45, 7) is 1.79. The molecular weight excluding hydrogens is 221 g/mol. The van der Waals surface area contributed by atoms with Crippen LogP contribution in [-0.4, -0.2) is 16.1 Å². The average molecular weight is 231 g/mol. The van der Waals surface area contributed by atoms with Gasteiger partial charge in [0.2, 0.25) is 0 Å². The van der Waals surface area contributed by atoms with E-state index in [-0.39, 0.29) is 11.1 Å². The average Bonchev–Trinajstić information content (AvgIpc) is 2.29. The molecule has 4 heteroatoms. The van der Waals surface area contributed by atoms with E-state index in [0.717, 1.165) is 11.8 Å². The molecule has 0 atom stereocenters. The van der Waals surface area contributed by atoms with Gasteiger partial charge < -0.3 is 5.11 Å². The molecule has 2 rings (SSSR count). The van der Waals surface area contributed by atoms with E-state index in [0.29, 0.717) is 5.56 Å². The minimum absolute atomic E-state index is 0.0656. The van der Waals surface area contributed by atoms with E-state index < -0.39 is 11.8 Å². The highest BCUT2D eigenvalue weighted by Crippen LogP contribution is 2.24. The topological polar surface area (TPSA) is 50.2 Å². The molecule has 2 aromatic rings. The molecular formula is C13H10FNO2. The van der Waals surface area contributed by atoms with Gasteiger partial charge in [0.25, 0.3) is 0 Å². The van der Waals surface area contributed by atoms with E-state index in [9.17, 15) is 9.18 Å². The number of hydrogen-bond donors (Lipinski definition) is 1. The van der Waals surface area contributed by atoms with Crippen molar-refractivity contribution in [3.63, 3.8) is 0 Å². The lowest BCUT2D eigenvalue weighted by Gasteiger charge is -2.05. The van der Waals surface area contributed by atoms with Crippen LogP contribution in [0.15, 0.2) is 36.5 Å². The van der Waals surface area contributed by atoms with E-state index in [4.69, 9.17) is 5.11 Å². The number of benzene rings is 1. The Morgan fingerprint density at radius 1 is 1.29 bits per heavy atom. The number of rotatable bonds is 2. The standard InChI is InChI=1S/C13H10FNO2/c1-8-6-9(4-5-15-8)11-7-10(13(16)17)2-3-12(11)14/h2-7H,1H3,(H,16,17). The zero-order chi connectivity index (χ0) is 12.4. The van der Waals surface area contributed by atoms with E-state index in [1.165, 1.54) is 12.1 Å². The van der Waals surface area contributed by atoms with Gasteiger partial charge in [-0.05, 0) is 42.8 Å². The maximum absolute atomic E-state index is 13.6. The Bertz CT molecular complexity index is 581. The van der Waals surface area contributed by atoms with Gasteiger partial charge >= 0.3 is 5.97 Å². The van der Waals surface area contributed by atoms with Crippen LogP contribution in [0.1, 0.15) is 16.1 Å². The predicted molar refractivity (Wildman–Crippen MR) is 61.3 cm³/mol. The summed E-state index contributed by atoms with van der Waals surface area (Å²) in [4.78, 5) is 14.8. The SMILES string of the molecule is Cc1cc(-c2cc(C(=O)O)ccc2F)ccn1. The van der Waals surface area contributed by atoms with Crippen LogP contribution in [-0.2, 0) is 0 Å². The van der Waals surface area contributed by atoms with Crippen molar-refractivity contribution in [1.82, 2.24) is 4.98 Å². The summed E-state index contributed by atoms with van der Waals surface area (Å²) in [6, 6.07) is 7.09. The molecule has 0 spiro atoms. The fraction of sp³-hybridized carbons (Fsp3) is 0.0769. The first-order valence-electron chi connectivity index (χ1n) is 5.04. The van der Waals surface area contributed by atoms with Crippen LogP contribution in [0.4, 0.5) is 4.39 Å². The number of carbonyl (C=O) groups is 1. The van der Waals surface area contributed by atoms with E-state index in [1.54, 1.807) is 25.3 Å². The van der Waals surface area contributed by atoms with E-state index in [2.05, 4.69) is 4.98 Å². The number of hydrogen-bond acceptors (Lipinski definition) is 2. The number of nitrogens with zero attached hydrogens (tertiary/aromatic N) is 1. The normalized spacial score (nSPS) is 10.2. The third-order valence-corrected chi connectivity index (χ3v) is 2.42. The predicted octanol–water partition coefficient (Wildman–Crippen LogP) is 2.89. The van der Waals surface area contributed by atoms with Crippen molar-refractivity contribution in [2.24, 2.45) is 0 Å². The molecule has 0 saturated carbocycles. The quantitative estimate of drug-likeness (QED) is 0.864. The van der Waals surface area contributed by atoms with Crippen molar-refractivity contribution in [2.75, 3.05) is 0 Å². The van der Waals surface area contributed by atoms with Crippen molar-refractivity contribution in [3.05, 3.63) is 53.6 Å². The minimum Gasteiger partial charge on any atom is -0.478 e. The highest BCUT2D eigenvalue weighted by Gasteiger charge is 2.10. The zero-order valence-electron chi connectivity index (χ0n) is 9.14. The van der Waals surface area contributed by atoms with Gasteiger partial charge in [-0.3, -0.25) is 4.98 Å². The second-order valence-corrected chi connectivity index (χ2v) is 3.69. The number of pyridine rings is 1. The zero-order valence-corrected chi connectivity index (χ0v) is 9.14. The van der Waals surface area contributed by atoms with E-state index in [1.807, 2.05) is 0 Å². The Labute approximate surface area is 97.6 Å². The van der Waals surface area contributed by atoms with Gasteiger partial charge in [0.1, 0.15) is 5.82 Å². The third-order valence-electron chi connectivity index (χ3n) is 2.42. The molecule has 0 radical (unpaired) electrons. The molecule has 0 fully saturated rings. The maximum atomic E-state index is 13.6. The van der Waals surface area contributed by atoms with Crippen molar-refractivity contribution in [3.8, 4) is 11.1 Å². The van der Waals surface area contributed by atoms with Gasteiger partial charge in [-0.15, -0.1) is 0 Å². The van der Waals surface area contributed by atoms with Gasteiger partial charge in [0, 0.05) is 17.5 Å². The number of halogens is 1. The lowest BCUT2D eigenvalue weighted by atomic mass is 10.0. The summed E-state index contributed by atoms with van der Waals surface area (Å²) >= 11 is 0. The molecule has 0 aliphatic carbocycles. The first-order valence-corrected chi connectivity index (χ1v) is 5.04. The lowest BCUT2D eigenvalue weighted by molar-refractivity contribution is 0.0697. The number of carboxylic acids is 1. The van der Waals surface area contributed by atoms with Gasteiger partial charge in [0.05, 0.1) is 5.56 Å². The monoisotopic (exact) mass is 231 g/mol. The van der Waals surface area contributed by atoms with Crippen LogP contribution >= 0.6 is 0 Å². The highest BCUT2D eigenvalue weighted by molar-refractivity contribution is 5.89. The molecule has 1 aromatic heterocycles. The van der Waals surface area contributed by atoms with Crippen LogP contribution in [0.25, 0.3) is 11.1 Å². The molecule has 0 bridgehead atoms. The number of aromatic carboxylic acids is 1. The third kappa shape index (κ3) is 2.30. The summed E-state index contributed by atoms with van der Waals surface area (Å²) in [7, 11) is 0. The first-order chi connectivity index (χ1) is 8.08. The molecule has 0 aliphatic heterocycles. The Hall–Kier alpha value is -2.23. The molecule has 1 aromatic carbocycles. The Kier molecular flexibility index (Phi) is 2.87. The summed E-state index contributed by atoms with van der Waals surface area (Å²) in [5.41, 5.74) is 1.71. The van der Waals surface area contributed by atoms with Crippen LogP contribution < -0.4 is 0 Å². The van der Waals surface area contributed by atoms with Gasteiger partial charge in [-0.1, -0.05) is 0 Å². The molecule has 0 saturated heterocycles. The van der Waals surface area contributed by atoms with Crippen molar-refractivity contribution in [2.45, 2.75) is 6.92 Å². The van der Waals surface area contributed by atoms with Gasteiger partial charge in [-0.2, -0.15) is 0 Å². The Morgan fingerprint density at radius 2 is 2.06 bits per heavy atom. The summed E-state index contributed by atoms with van der Waals surface area (Å²) in [5.74, 6) is -1.52. The Morgan fingerprint density at radius 3 is 2.71 bits per heavy atom. The molecule has 17 heavy (non-hydrogen) atoms. The van der Waals surface area contributed by atoms with Crippen LogP contribution in [0.2, 0.25) is 0 Å². The lowest BCUT2D eigenvalue weighted by Crippen LogP contribution is -1.97. The number of aromatic nitrogens is 1. The molecule has 1 heterocycles. The maximum Gasteiger partial charge on any atom is 0.335 e. The molecule has 0 unspecified atom stereocenters. The van der Waals surface area contributed by atoms with Crippen molar-refractivity contribution >= 4 is 5.97 Å². The highest BCUT2D eigenvalue weighted by atomic mass is 19.1. The first kappa shape index (κ1) is 11.3. The molecule has 86 valence electrons. The number of carboxylic acid groups (broad SMARTS) is 1.